The van der Waals surface area contributed by atoms with Crippen LogP contribution in [0.15, 0.2) is 76.7 Å². The number of hydrazone groups is 1. The number of rotatable bonds is 7. The van der Waals surface area contributed by atoms with E-state index in [2.05, 4.69) is 15.2 Å². The Morgan fingerprint density at radius 3 is 2.55 bits per heavy atom. The van der Waals surface area contributed by atoms with Gasteiger partial charge in [-0.05, 0) is 49.1 Å². The van der Waals surface area contributed by atoms with E-state index >= 15 is 0 Å². The number of methoxy groups -OCH3 is 1. The lowest BCUT2D eigenvalue weighted by Crippen LogP contribution is -2.15. The van der Waals surface area contributed by atoms with Crippen LogP contribution in [0.2, 0.25) is 0 Å². The maximum atomic E-state index is 12.9. The second-order valence-electron chi connectivity index (χ2n) is 7.42. The smallest absolute Gasteiger partial charge is 0.295 e. The van der Waals surface area contributed by atoms with Crippen LogP contribution in [0.25, 0.3) is 0 Å². The first kappa shape index (κ1) is 22.3. The van der Waals surface area contributed by atoms with E-state index in [0.717, 1.165) is 36.6 Å². The van der Waals surface area contributed by atoms with E-state index in [-0.39, 0.29) is 16.3 Å². The number of para-hydroxylation sites is 2. The van der Waals surface area contributed by atoms with E-state index in [1.165, 1.54) is 24.8 Å². The van der Waals surface area contributed by atoms with Gasteiger partial charge < -0.3 is 4.74 Å². The summed E-state index contributed by atoms with van der Waals surface area (Å²) in [6, 6.07) is 18.1. The van der Waals surface area contributed by atoms with E-state index in [0.29, 0.717) is 5.75 Å². The molecule has 0 fully saturated rings. The van der Waals surface area contributed by atoms with Gasteiger partial charge in [-0.25, -0.2) is 8.42 Å². The number of fused-ring (bicyclic) bond motifs is 1. The highest BCUT2D eigenvalue weighted by Crippen LogP contribution is 2.31. The number of nitrogens with one attached hydrogen (secondary N) is 2. The Morgan fingerprint density at radius 1 is 1.00 bits per heavy atom. The molecule has 1 aliphatic carbocycles. The third kappa shape index (κ3) is 4.80. The van der Waals surface area contributed by atoms with Crippen LogP contribution in [0.5, 0.6) is 5.75 Å². The molecule has 0 spiro atoms. The Balaban J connectivity index is 1.63. The summed E-state index contributed by atoms with van der Waals surface area (Å²) in [7, 11) is -2.67. The summed E-state index contributed by atoms with van der Waals surface area (Å²) in [4.78, 5) is 10.8. The van der Waals surface area contributed by atoms with Crippen molar-refractivity contribution in [1.29, 1.82) is 0 Å². The molecule has 0 saturated heterocycles. The number of sulfonamides is 1. The number of nitro groups is 1. The third-order valence-corrected chi connectivity index (χ3v) is 6.69. The minimum atomic E-state index is -4.09. The first-order valence-corrected chi connectivity index (χ1v) is 11.7. The number of hydrogen-bond acceptors (Lipinski definition) is 7. The van der Waals surface area contributed by atoms with Gasteiger partial charge in [0.15, 0.2) is 0 Å². The highest BCUT2D eigenvalue weighted by Gasteiger charge is 2.23. The Hall–Kier alpha value is -3.92. The van der Waals surface area contributed by atoms with Crippen molar-refractivity contribution >= 4 is 32.8 Å². The fourth-order valence-electron chi connectivity index (χ4n) is 3.70. The van der Waals surface area contributed by atoms with Crippen LogP contribution in [0.3, 0.4) is 0 Å². The highest BCUT2D eigenvalue weighted by atomic mass is 32.2. The van der Waals surface area contributed by atoms with Gasteiger partial charge in [-0.1, -0.05) is 36.4 Å². The first-order chi connectivity index (χ1) is 15.9. The minimum Gasteiger partial charge on any atom is -0.495 e. The second-order valence-corrected chi connectivity index (χ2v) is 9.11. The lowest BCUT2D eigenvalue weighted by molar-refractivity contribution is -0.384. The topological polar surface area (TPSA) is 123 Å². The Kier molecular flexibility index (Phi) is 6.27. The van der Waals surface area contributed by atoms with Crippen molar-refractivity contribution in [3.8, 4) is 5.75 Å². The summed E-state index contributed by atoms with van der Waals surface area (Å²) in [5, 5.41) is 16.1. The molecule has 170 valence electrons. The van der Waals surface area contributed by atoms with Crippen molar-refractivity contribution in [3.63, 3.8) is 0 Å². The third-order valence-electron chi connectivity index (χ3n) is 5.33. The Labute approximate surface area is 191 Å². The van der Waals surface area contributed by atoms with Crippen LogP contribution in [0, 0.1) is 10.1 Å². The van der Waals surface area contributed by atoms with Gasteiger partial charge in [0.1, 0.15) is 11.4 Å². The van der Waals surface area contributed by atoms with E-state index in [4.69, 9.17) is 4.74 Å². The molecule has 0 heterocycles. The van der Waals surface area contributed by atoms with Crippen LogP contribution in [0.4, 0.5) is 17.1 Å². The van der Waals surface area contributed by atoms with Crippen LogP contribution >= 0.6 is 0 Å². The molecule has 0 aromatic heterocycles. The van der Waals surface area contributed by atoms with E-state index in [1.54, 1.807) is 24.3 Å². The summed E-state index contributed by atoms with van der Waals surface area (Å²) >= 11 is 0. The number of nitro benzene ring substituents is 1. The van der Waals surface area contributed by atoms with Crippen molar-refractivity contribution in [2.45, 2.75) is 24.2 Å². The van der Waals surface area contributed by atoms with Crippen molar-refractivity contribution in [1.82, 2.24) is 0 Å². The van der Waals surface area contributed by atoms with Crippen LogP contribution in [-0.2, 0) is 16.4 Å². The summed E-state index contributed by atoms with van der Waals surface area (Å²) in [6.45, 7) is 0. The molecule has 0 bridgehead atoms. The van der Waals surface area contributed by atoms with Crippen LogP contribution in [0.1, 0.15) is 24.0 Å². The van der Waals surface area contributed by atoms with Crippen molar-refractivity contribution in [3.05, 3.63) is 88.0 Å². The fraction of sp³-hybridized carbons (Fsp3) is 0.174. The van der Waals surface area contributed by atoms with Crippen LogP contribution in [-0.4, -0.2) is 26.2 Å². The average Bonchev–Trinajstić information content (AvgIpc) is 2.82. The molecule has 0 radical (unpaired) electrons. The van der Waals surface area contributed by atoms with E-state index < -0.39 is 20.6 Å². The Morgan fingerprint density at radius 2 is 1.76 bits per heavy atom. The standard InChI is InChI=1S/C23H22N4O5S/c1-32-23-12-5-4-10-21(23)26-33(30,31)17-13-14-20(22(15-17)27(28)29)25-24-19-11-6-8-16-7-2-3-9-18(16)19/h2-5,7,9-10,12-15,25-26H,6,8,11H2,1H3/b24-19-. The van der Waals surface area contributed by atoms with Gasteiger partial charge in [0.05, 0.1) is 28.3 Å². The fourth-order valence-corrected chi connectivity index (χ4v) is 4.79. The first-order valence-electron chi connectivity index (χ1n) is 10.2. The number of benzene rings is 3. The van der Waals surface area contributed by atoms with E-state index in [9.17, 15) is 18.5 Å². The molecule has 2 N–H and O–H groups in total. The maximum absolute atomic E-state index is 12.9. The zero-order valence-corrected chi connectivity index (χ0v) is 18.6. The largest absolute Gasteiger partial charge is 0.495 e. The predicted molar refractivity (Wildman–Crippen MR) is 126 cm³/mol. The lowest BCUT2D eigenvalue weighted by atomic mass is 9.90. The van der Waals surface area contributed by atoms with Gasteiger partial charge in [-0.2, -0.15) is 5.10 Å². The van der Waals surface area contributed by atoms with E-state index in [1.807, 2.05) is 24.3 Å². The zero-order valence-electron chi connectivity index (χ0n) is 17.8. The molecule has 0 atom stereocenters. The van der Waals surface area contributed by atoms with Gasteiger partial charge in [0.25, 0.3) is 15.7 Å². The number of hydrogen-bond donors (Lipinski definition) is 2. The second kappa shape index (κ2) is 9.29. The molecule has 0 unspecified atom stereocenters. The maximum Gasteiger partial charge on any atom is 0.295 e. The monoisotopic (exact) mass is 466 g/mol. The molecule has 3 aromatic carbocycles. The molecule has 4 rings (SSSR count). The molecule has 10 heteroatoms. The van der Waals surface area contributed by atoms with Gasteiger partial charge in [0.2, 0.25) is 0 Å². The van der Waals surface area contributed by atoms with Crippen molar-refractivity contribution in [2.75, 3.05) is 17.3 Å². The SMILES string of the molecule is COc1ccccc1NS(=O)(=O)c1ccc(N/N=C2/CCCc3ccccc32)c([N+](=O)[O-])c1. The molecule has 9 nitrogen and oxygen atoms in total. The number of nitrogens with zero attached hydrogens (tertiary/aromatic N) is 2. The summed E-state index contributed by atoms with van der Waals surface area (Å²) < 4.78 is 33.3. The predicted octanol–water partition coefficient (Wildman–Crippen LogP) is 4.56. The Bertz CT molecular complexity index is 1340. The molecule has 1 aliphatic rings. The number of ether oxygens (including phenoxy) is 1. The zero-order chi connectivity index (χ0) is 23.4. The number of aryl methyl sites for hydroxylation is 1. The highest BCUT2D eigenvalue weighted by molar-refractivity contribution is 7.92. The molecular weight excluding hydrogens is 444 g/mol. The average molecular weight is 467 g/mol. The molecular formula is C23H22N4O5S. The van der Waals surface area contributed by atoms with Crippen molar-refractivity contribution < 1.29 is 18.1 Å². The van der Waals surface area contributed by atoms with Gasteiger partial charge in [-0.15, -0.1) is 0 Å². The summed E-state index contributed by atoms with van der Waals surface area (Å²) in [5.74, 6) is 0.331. The van der Waals surface area contributed by atoms with Crippen LogP contribution < -0.4 is 14.9 Å². The van der Waals surface area contributed by atoms with Gasteiger partial charge in [-0.3, -0.25) is 20.3 Å². The van der Waals surface area contributed by atoms with Gasteiger partial charge >= 0.3 is 0 Å². The molecule has 0 amide bonds. The number of anilines is 2. The van der Waals surface area contributed by atoms with Crippen molar-refractivity contribution in [2.24, 2.45) is 5.10 Å². The molecule has 3 aromatic rings. The lowest BCUT2D eigenvalue weighted by Gasteiger charge is -2.17. The molecule has 0 aliphatic heterocycles. The molecule has 33 heavy (non-hydrogen) atoms. The molecule has 0 saturated carbocycles. The van der Waals surface area contributed by atoms with Gasteiger partial charge in [0, 0.05) is 11.6 Å². The quantitative estimate of drug-likeness (QED) is 0.389. The summed E-state index contributed by atoms with van der Waals surface area (Å²) in [5.41, 5.74) is 5.70. The summed E-state index contributed by atoms with van der Waals surface area (Å²) in [6.07, 6.45) is 2.64. The normalized spacial score (nSPS) is 14.4. The minimum absolute atomic E-state index is 0.104.